The van der Waals surface area contributed by atoms with Crippen LogP contribution in [0.3, 0.4) is 0 Å². The number of hydrogen-bond donors (Lipinski definition) is 0. The summed E-state index contributed by atoms with van der Waals surface area (Å²) in [5.74, 6) is 0.0916. The van der Waals surface area contributed by atoms with Gasteiger partial charge in [-0.05, 0) is 19.5 Å². The van der Waals surface area contributed by atoms with Crippen molar-refractivity contribution >= 4 is 22.4 Å². The largest absolute Gasteiger partial charge is 0.374 e. The highest BCUT2D eigenvalue weighted by atomic mass is 32.1. The number of amides is 1. The van der Waals surface area contributed by atoms with Crippen molar-refractivity contribution in [3.8, 4) is 0 Å². The first kappa shape index (κ1) is 17.1. The van der Waals surface area contributed by atoms with Gasteiger partial charge < -0.3 is 9.64 Å². The SMILES string of the molecule is CN1CCO[C@@H](CN(C(=O)CCCn2cccn2)c2nccs2)C1. The van der Waals surface area contributed by atoms with Crippen LogP contribution in [-0.2, 0) is 16.1 Å². The molecule has 0 bridgehead atoms. The molecule has 0 aromatic carbocycles. The summed E-state index contributed by atoms with van der Waals surface area (Å²) in [6, 6.07) is 1.89. The summed E-state index contributed by atoms with van der Waals surface area (Å²) in [4.78, 5) is 21.0. The Morgan fingerprint density at radius 3 is 3.12 bits per heavy atom. The van der Waals surface area contributed by atoms with Gasteiger partial charge in [0.05, 0.1) is 19.3 Å². The number of thiazole rings is 1. The molecule has 2 aromatic rings. The van der Waals surface area contributed by atoms with Crippen LogP contribution in [0.4, 0.5) is 5.13 Å². The van der Waals surface area contributed by atoms with Crippen molar-refractivity contribution in [1.29, 1.82) is 0 Å². The number of aryl methyl sites for hydroxylation is 1. The second kappa shape index (κ2) is 8.36. The summed E-state index contributed by atoms with van der Waals surface area (Å²) in [6.07, 6.45) is 6.66. The van der Waals surface area contributed by atoms with Crippen molar-refractivity contribution in [1.82, 2.24) is 19.7 Å². The van der Waals surface area contributed by atoms with Crippen molar-refractivity contribution in [2.24, 2.45) is 0 Å². The zero-order valence-corrected chi connectivity index (χ0v) is 14.7. The van der Waals surface area contributed by atoms with E-state index in [1.54, 1.807) is 17.3 Å². The number of rotatable bonds is 7. The van der Waals surface area contributed by atoms with Crippen LogP contribution in [0.5, 0.6) is 0 Å². The van der Waals surface area contributed by atoms with E-state index in [0.29, 0.717) is 19.6 Å². The zero-order chi connectivity index (χ0) is 16.8. The van der Waals surface area contributed by atoms with Crippen LogP contribution in [0.25, 0.3) is 0 Å². The van der Waals surface area contributed by atoms with Crippen LogP contribution < -0.4 is 4.90 Å². The lowest BCUT2D eigenvalue weighted by Crippen LogP contribution is -2.47. The number of aromatic nitrogens is 3. The second-order valence-electron chi connectivity index (χ2n) is 5.95. The first-order chi connectivity index (χ1) is 11.7. The predicted molar refractivity (Wildman–Crippen MR) is 93.2 cm³/mol. The van der Waals surface area contributed by atoms with Gasteiger partial charge in [0.2, 0.25) is 5.91 Å². The summed E-state index contributed by atoms with van der Waals surface area (Å²) < 4.78 is 7.67. The maximum Gasteiger partial charge on any atom is 0.228 e. The summed E-state index contributed by atoms with van der Waals surface area (Å²) >= 11 is 1.49. The Labute approximate surface area is 145 Å². The predicted octanol–water partition coefficient (Wildman–Crippen LogP) is 1.48. The molecule has 2 aromatic heterocycles. The molecule has 1 atom stereocenters. The third-order valence-electron chi connectivity index (χ3n) is 4.02. The maximum atomic E-state index is 12.7. The van der Waals surface area contributed by atoms with E-state index < -0.39 is 0 Å². The fourth-order valence-corrected chi connectivity index (χ4v) is 3.45. The molecular formula is C16H23N5O2S. The van der Waals surface area contributed by atoms with E-state index in [2.05, 4.69) is 22.0 Å². The molecule has 3 heterocycles. The Bertz CT molecular complexity index is 616. The Morgan fingerprint density at radius 1 is 1.50 bits per heavy atom. The Kier molecular flexibility index (Phi) is 5.95. The third kappa shape index (κ3) is 4.62. The van der Waals surface area contributed by atoms with Crippen molar-refractivity contribution in [2.75, 3.05) is 38.2 Å². The monoisotopic (exact) mass is 349 g/mol. The smallest absolute Gasteiger partial charge is 0.228 e. The number of likely N-dealkylation sites (N-methyl/N-ethyl adjacent to an activating group) is 1. The lowest BCUT2D eigenvalue weighted by molar-refractivity contribution is -0.119. The highest BCUT2D eigenvalue weighted by molar-refractivity contribution is 7.13. The minimum atomic E-state index is 0.0303. The summed E-state index contributed by atoms with van der Waals surface area (Å²) in [5, 5.41) is 6.81. The molecule has 1 amide bonds. The standard InChI is InChI=1S/C16H23N5O2S/c1-19-9-10-23-14(12-19)13-21(16-17-6-11-24-16)15(22)4-2-7-20-8-3-5-18-20/h3,5-6,8,11,14H,2,4,7,9-10,12-13H2,1H3/t14-/m1/s1. The Morgan fingerprint density at radius 2 is 2.42 bits per heavy atom. The molecule has 0 spiro atoms. The highest BCUT2D eigenvalue weighted by Crippen LogP contribution is 2.20. The number of nitrogens with zero attached hydrogens (tertiary/aromatic N) is 5. The molecule has 0 aliphatic carbocycles. The molecule has 130 valence electrons. The molecule has 0 N–H and O–H groups in total. The average Bonchev–Trinajstić information content (AvgIpc) is 3.26. The molecular weight excluding hydrogens is 326 g/mol. The molecule has 0 radical (unpaired) electrons. The van der Waals surface area contributed by atoms with Gasteiger partial charge in [-0.1, -0.05) is 0 Å². The van der Waals surface area contributed by atoms with Crippen molar-refractivity contribution in [3.05, 3.63) is 30.0 Å². The molecule has 1 fully saturated rings. The van der Waals surface area contributed by atoms with E-state index in [1.807, 2.05) is 22.3 Å². The van der Waals surface area contributed by atoms with E-state index >= 15 is 0 Å². The van der Waals surface area contributed by atoms with Gasteiger partial charge in [-0.2, -0.15) is 5.10 Å². The van der Waals surface area contributed by atoms with E-state index in [1.165, 1.54) is 11.3 Å². The van der Waals surface area contributed by atoms with Gasteiger partial charge >= 0.3 is 0 Å². The number of carbonyl (C=O) groups excluding carboxylic acids is 1. The minimum Gasteiger partial charge on any atom is -0.374 e. The molecule has 3 rings (SSSR count). The van der Waals surface area contributed by atoms with Gasteiger partial charge in [-0.15, -0.1) is 11.3 Å². The quantitative estimate of drug-likeness (QED) is 0.758. The topological polar surface area (TPSA) is 63.5 Å². The maximum absolute atomic E-state index is 12.7. The molecule has 8 heteroatoms. The first-order valence-electron chi connectivity index (χ1n) is 8.20. The van der Waals surface area contributed by atoms with Gasteiger partial charge in [-0.25, -0.2) is 4.98 Å². The van der Waals surface area contributed by atoms with Crippen molar-refractivity contribution < 1.29 is 9.53 Å². The van der Waals surface area contributed by atoms with Crippen LogP contribution in [0.1, 0.15) is 12.8 Å². The van der Waals surface area contributed by atoms with Crippen LogP contribution in [0.2, 0.25) is 0 Å². The van der Waals surface area contributed by atoms with Gasteiger partial charge in [0.1, 0.15) is 0 Å². The summed E-state index contributed by atoms with van der Waals surface area (Å²) in [5.41, 5.74) is 0. The number of morpholine rings is 1. The number of hydrogen-bond acceptors (Lipinski definition) is 6. The van der Waals surface area contributed by atoms with Gasteiger partial charge in [0, 0.05) is 50.0 Å². The fraction of sp³-hybridized carbons (Fsp3) is 0.562. The molecule has 0 saturated carbocycles. The lowest BCUT2D eigenvalue weighted by atomic mass is 10.2. The van der Waals surface area contributed by atoms with Gasteiger partial charge in [-0.3, -0.25) is 14.4 Å². The van der Waals surface area contributed by atoms with E-state index in [-0.39, 0.29) is 12.0 Å². The third-order valence-corrected chi connectivity index (χ3v) is 4.81. The molecule has 1 saturated heterocycles. The van der Waals surface area contributed by atoms with Crippen LogP contribution in [0, 0.1) is 0 Å². The van der Waals surface area contributed by atoms with Crippen molar-refractivity contribution in [2.45, 2.75) is 25.5 Å². The summed E-state index contributed by atoms with van der Waals surface area (Å²) in [6.45, 7) is 3.78. The number of carbonyl (C=O) groups is 1. The van der Waals surface area contributed by atoms with E-state index in [0.717, 1.165) is 31.2 Å². The Balaban J connectivity index is 1.58. The lowest BCUT2D eigenvalue weighted by Gasteiger charge is -2.33. The first-order valence-corrected chi connectivity index (χ1v) is 9.08. The molecule has 7 nitrogen and oxygen atoms in total. The molecule has 0 unspecified atom stereocenters. The minimum absolute atomic E-state index is 0.0303. The van der Waals surface area contributed by atoms with Crippen LogP contribution >= 0.6 is 11.3 Å². The van der Waals surface area contributed by atoms with E-state index in [4.69, 9.17) is 4.74 Å². The van der Waals surface area contributed by atoms with Crippen molar-refractivity contribution in [3.63, 3.8) is 0 Å². The molecule has 1 aliphatic heterocycles. The molecule has 1 aliphatic rings. The number of ether oxygens (including phenoxy) is 1. The number of anilines is 1. The average molecular weight is 349 g/mol. The highest BCUT2D eigenvalue weighted by Gasteiger charge is 2.25. The van der Waals surface area contributed by atoms with Gasteiger partial charge in [0.25, 0.3) is 0 Å². The fourth-order valence-electron chi connectivity index (χ4n) is 2.78. The Hall–Kier alpha value is -1.77. The normalized spacial score (nSPS) is 18.6. The van der Waals surface area contributed by atoms with Crippen LogP contribution in [-0.4, -0.2) is 65.0 Å². The zero-order valence-electron chi connectivity index (χ0n) is 13.9. The summed E-state index contributed by atoms with van der Waals surface area (Å²) in [7, 11) is 2.08. The second-order valence-corrected chi connectivity index (χ2v) is 6.82. The molecule has 24 heavy (non-hydrogen) atoms. The van der Waals surface area contributed by atoms with Crippen LogP contribution in [0.15, 0.2) is 30.0 Å². The van der Waals surface area contributed by atoms with E-state index in [9.17, 15) is 4.79 Å². The van der Waals surface area contributed by atoms with Gasteiger partial charge in [0.15, 0.2) is 5.13 Å².